The van der Waals surface area contributed by atoms with Crippen molar-refractivity contribution in [2.45, 2.75) is 37.8 Å². The van der Waals surface area contributed by atoms with Crippen molar-refractivity contribution in [3.63, 3.8) is 0 Å². The Bertz CT molecular complexity index is 1650. The van der Waals surface area contributed by atoms with Gasteiger partial charge in [0.2, 0.25) is 11.8 Å². The number of carbonyl (C=O) groups is 2. The standard InChI is InChI=1S/C34H36BrN3O5S/c1-4-43-30-18-20-31(21-19-30)44(41,42)38(29-16-10-25(2)11-17-29)24-33(39)37(23-27-12-14-28(35)15-13-27)32(34(40)36-3)22-26-8-6-5-7-9-26/h5-21,32H,4,22-24H2,1-3H3,(H,36,40). The Hall–Kier alpha value is -4.15. The summed E-state index contributed by atoms with van der Waals surface area (Å²) in [6, 6.07) is 29.0. The molecule has 0 spiro atoms. The lowest BCUT2D eigenvalue weighted by Crippen LogP contribution is -2.53. The number of likely N-dealkylation sites (N-methyl/N-ethyl adjacent to an activating group) is 1. The van der Waals surface area contributed by atoms with Gasteiger partial charge in [-0.1, -0.05) is 76.1 Å². The third kappa shape index (κ3) is 8.27. The third-order valence-corrected chi connectivity index (χ3v) is 9.42. The molecule has 0 saturated heterocycles. The molecule has 8 nitrogen and oxygen atoms in total. The van der Waals surface area contributed by atoms with Crippen LogP contribution in [0.2, 0.25) is 0 Å². The number of aryl methyl sites for hydroxylation is 1. The summed E-state index contributed by atoms with van der Waals surface area (Å²) in [5.41, 5.74) is 2.94. The van der Waals surface area contributed by atoms with Crippen molar-refractivity contribution >= 4 is 43.5 Å². The summed E-state index contributed by atoms with van der Waals surface area (Å²) in [6.45, 7) is 3.77. The topological polar surface area (TPSA) is 96.0 Å². The maximum atomic E-state index is 14.3. The smallest absolute Gasteiger partial charge is 0.264 e. The molecule has 1 atom stereocenters. The zero-order valence-corrected chi connectivity index (χ0v) is 27.3. The zero-order valence-electron chi connectivity index (χ0n) is 24.9. The van der Waals surface area contributed by atoms with Crippen LogP contribution in [0, 0.1) is 6.92 Å². The molecule has 230 valence electrons. The molecular formula is C34H36BrN3O5S. The Morgan fingerprint density at radius 1 is 0.864 bits per heavy atom. The van der Waals surface area contributed by atoms with Crippen molar-refractivity contribution in [3.8, 4) is 5.75 Å². The molecule has 1 unspecified atom stereocenters. The fraction of sp³-hybridized carbons (Fsp3) is 0.235. The van der Waals surface area contributed by atoms with Gasteiger partial charge in [-0.15, -0.1) is 0 Å². The first-order valence-corrected chi connectivity index (χ1v) is 16.5. The van der Waals surface area contributed by atoms with Gasteiger partial charge in [0.25, 0.3) is 10.0 Å². The van der Waals surface area contributed by atoms with E-state index in [2.05, 4.69) is 21.2 Å². The van der Waals surface area contributed by atoms with Crippen LogP contribution in [-0.4, -0.2) is 51.4 Å². The minimum Gasteiger partial charge on any atom is -0.494 e. The van der Waals surface area contributed by atoms with Crippen molar-refractivity contribution in [3.05, 3.63) is 124 Å². The second kappa shape index (κ2) is 15.0. The zero-order chi connectivity index (χ0) is 31.7. The predicted molar refractivity (Wildman–Crippen MR) is 176 cm³/mol. The van der Waals surface area contributed by atoms with Crippen molar-refractivity contribution in [1.82, 2.24) is 10.2 Å². The van der Waals surface area contributed by atoms with E-state index in [0.29, 0.717) is 18.0 Å². The highest BCUT2D eigenvalue weighted by Crippen LogP contribution is 2.27. The molecule has 44 heavy (non-hydrogen) atoms. The van der Waals surface area contributed by atoms with Crippen LogP contribution in [0.3, 0.4) is 0 Å². The van der Waals surface area contributed by atoms with E-state index in [1.165, 1.54) is 24.1 Å². The lowest BCUT2D eigenvalue weighted by molar-refractivity contribution is -0.139. The maximum absolute atomic E-state index is 14.3. The van der Waals surface area contributed by atoms with Crippen LogP contribution in [-0.2, 0) is 32.6 Å². The second-order valence-electron chi connectivity index (χ2n) is 10.2. The summed E-state index contributed by atoms with van der Waals surface area (Å²) < 4.78 is 35.7. The normalized spacial score (nSPS) is 11.8. The molecule has 0 aliphatic rings. The van der Waals surface area contributed by atoms with E-state index < -0.39 is 28.5 Å². The van der Waals surface area contributed by atoms with Gasteiger partial charge in [-0.25, -0.2) is 8.42 Å². The Morgan fingerprint density at radius 3 is 2.09 bits per heavy atom. The van der Waals surface area contributed by atoms with Gasteiger partial charge in [0.1, 0.15) is 18.3 Å². The van der Waals surface area contributed by atoms with E-state index in [1.807, 2.05) is 68.4 Å². The average Bonchev–Trinajstić information content (AvgIpc) is 3.03. The number of carbonyl (C=O) groups excluding carboxylic acids is 2. The van der Waals surface area contributed by atoms with Crippen molar-refractivity contribution in [1.29, 1.82) is 0 Å². The van der Waals surface area contributed by atoms with Gasteiger partial charge in [0, 0.05) is 24.5 Å². The number of amides is 2. The lowest BCUT2D eigenvalue weighted by Gasteiger charge is -2.33. The van der Waals surface area contributed by atoms with E-state index in [9.17, 15) is 18.0 Å². The van der Waals surface area contributed by atoms with E-state index in [1.54, 1.807) is 36.4 Å². The number of rotatable bonds is 13. The van der Waals surface area contributed by atoms with Crippen LogP contribution in [0.4, 0.5) is 5.69 Å². The van der Waals surface area contributed by atoms with Crippen molar-refractivity contribution < 1.29 is 22.7 Å². The summed E-state index contributed by atoms with van der Waals surface area (Å²) in [5.74, 6) is -0.331. The number of sulfonamides is 1. The largest absolute Gasteiger partial charge is 0.494 e. The molecular weight excluding hydrogens is 642 g/mol. The highest BCUT2D eigenvalue weighted by molar-refractivity contribution is 9.10. The average molecular weight is 679 g/mol. The molecule has 1 N–H and O–H groups in total. The molecule has 0 bridgehead atoms. The minimum atomic E-state index is -4.19. The Balaban J connectivity index is 1.76. The van der Waals surface area contributed by atoms with Crippen LogP contribution >= 0.6 is 15.9 Å². The monoisotopic (exact) mass is 677 g/mol. The van der Waals surface area contributed by atoms with Crippen LogP contribution in [0.25, 0.3) is 0 Å². The summed E-state index contributed by atoms with van der Waals surface area (Å²) in [4.78, 5) is 29.2. The van der Waals surface area contributed by atoms with E-state index in [0.717, 1.165) is 25.5 Å². The SMILES string of the molecule is CCOc1ccc(S(=O)(=O)N(CC(=O)N(Cc2ccc(Br)cc2)C(Cc2ccccc2)C(=O)NC)c2ccc(C)cc2)cc1. The summed E-state index contributed by atoms with van der Waals surface area (Å²) in [7, 11) is -2.67. The Kier molecular flexibility index (Phi) is 11.2. The van der Waals surface area contributed by atoms with Crippen molar-refractivity contribution in [2.75, 3.05) is 24.5 Å². The van der Waals surface area contributed by atoms with Gasteiger partial charge in [-0.05, 0) is 73.5 Å². The van der Waals surface area contributed by atoms with Gasteiger partial charge in [0.15, 0.2) is 0 Å². The van der Waals surface area contributed by atoms with Gasteiger partial charge >= 0.3 is 0 Å². The van der Waals surface area contributed by atoms with Crippen molar-refractivity contribution in [2.24, 2.45) is 0 Å². The number of hydrogen-bond donors (Lipinski definition) is 1. The number of nitrogens with one attached hydrogen (secondary N) is 1. The van der Waals surface area contributed by atoms with E-state index in [-0.39, 0.29) is 23.8 Å². The van der Waals surface area contributed by atoms with Crippen LogP contribution in [0.5, 0.6) is 5.75 Å². The Labute approximate surface area is 267 Å². The summed E-state index contributed by atoms with van der Waals surface area (Å²) >= 11 is 3.44. The maximum Gasteiger partial charge on any atom is 0.264 e. The molecule has 0 aromatic heterocycles. The minimum absolute atomic E-state index is 0.0147. The van der Waals surface area contributed by atoms with E-state index in [4.69, 9.17) is 4.74 Å². The Morgan fingerprint density at radius 2 is 1.50 bits per heavy atom. The molecule has 4 aromatic carbocycles. The quantitative estimate of drug-likeness (QED) is 0.195. The number of benzene rings is 4. The number of ether oxygens (including phenoxy) is 1. The first-order chi connectivity index (χ1) is 21.1. The molecule has 2 amide bonds. The molecule has 4 rings (SSSR count). The lowest BCUT2D eigenvalue weighted by atomic mass is 10.0. The predicted octanol–water partition coefficient (Wildman–Crippen LogP) is 5.74. The highest BCUT2D eigenvalue weighted by Gasteiger charge is 2.34. The summed E-state index contributed by atoms with van der Waals surface area (Å²) in [6.07, 6.45) is 0.249. The van der Waals surface area contributed by atoms with E-state index >= 15 is 0 Å². The fourth-order valence-electron chi connectivity index (χ4n) is 4.75. The molecule has 0 radical (unpaired) electrons. The molecule has 10 heteroatoms. The first kappa shape index (κ1) is 32.8. The number of anilines is 1. The third-order valence-electron chi connectivity index (χ3n) is 7.11. The van der Waals surface area contributed by atoms with Gasteiger partial charge in [-0.3, -0.25) is 13.9 Å². The van der Waals surface area contributed by atoms with Crippen LogP contribution < -0.4 is 14.4 Å². The van der Waals surface area contributed by atoms with Crippen LogP contribution in [0.1, 0.15) is 23.6 Å². The van der Waals surface area contributed by atoms with Crippen LogP contribution in [0.15, 0.2) is 112 Å². The number of hydrogen-bond acceptors (Lipinski definition) is 5. The molecule has 4 aromatic rings. The molecule has 0 aliphatic carbocycles. The van der Waals surface area contributed by atoms with Gasteiger partial charge in [0.05, 0.1) is 17.2 Å². The summed E-state index contributed by atoms with van der Waals surface area (Å²) in [5, 5.41) is 2.69. The second-order valence-corrected chi connectivity index (χ2v) is 13.0. The van der Waals surface area contributed by atoms with Gasteiger partial charge in [-0.2, -0.15) is 0 Å². The molecule has 0 aliphatic heterocycles. The fourth-order valence-corrected chi connectivity index (χ4v) is 6.43. The molecule has 0 saturated carbocycles. The highest BCUT2D eigenvalue weighted by atomic mass is 79.9. The molecule has 0 fully saturated rings. The number of nitrogens with zero attached hydrogens (tertiary/aromatic N) is 2. The molecule has 0 heterocycles. The first-order valence-electron chi connectivity index (χ1n) is 14.2. The number of halogens is 1. The van der Waals surface area contributed by atoms with Gasteiger partial charge < -0.3 is 15.0 Å².